The number of rotatable bonds is 12. The lowest BCUT2D eigenvalue weighted by Gasteiger charge is -2.27. The predicted octanol–water partition coefficient (Wildman–Crippen LogP) is 5.56. The van der Waals surface area contributed by atoms with Crippen molar-refractivity contribution in [2.24, 2.45) is 0 Å². The van der Waals surface area contributed by atoms with Gasteiger partial charge in [0.1, 0.15) is 17.1 Å². The Kier molecular flexibility index (Phi) is 8.38. The van der Waals surface area contributed by atoms with Gasteiger partial charge in [0, 0.05) is 31.4 Å². The number of benzene rings is 2. The molecule has 0 bridgehead atoms. The molecular formula is C29H37N3O5. The van der Waals surface area contributed by atoms with Crippen LogP contribution in [0.25, 0.3) is 11.3 Å². The van der Waals surface area contributed by atoms with Crippen LogP contribution in [0.15, 0.2) is 30.3 Å². The van der Waals surface area contributed by atoms with Gasteiger partial charge in [0.15, 0.2) is 11.5 Å². The van der Waals surface area contributed by atoms with Gasteiger partial charge < -0.3 is 24.2 Å². The number of fused-ring (bicyclic) bond motifs is 1. The summed E-state index contributed by atoms with van der Waals surface area (Å²) in [7, 11) is 3.28. The van der Waals surface area contributed by atoms with Crippen LogP contribution >= 0.6 is 0 Å². The predicted molar refractivity (Wildman–Crippen MR) is 143 cm³/mol. The highest BCUT2D eigenvalue weighted by Crippen LogP contribution is 2.46. The molecule has 0 aliphatic carbocycles. The van der Waals surface area contributed by atoms with E-state index < -0.39 is 6.04 Å². The number of aromatic amines is 1. The summed E-state index contributed by atoms with van der Waals surface area (Å²) < 4.78 is 16.9. The summed E-state index contributed by atoms with van der Waals surface area (Å²) in [5.74, 6) is 1.31. The van der Waals surface area contributed by atoms with Crippen molar-refractivity contribution in [1.82, 2.24) is 15.1 Å². The zero-order valence-corrected chi connectivity index (χ0v) is 22.4. The first-order valence-electron chi connectivity index (χ1n) is 12.9. The number of phenols is 1. The van der Waals surface area contributed by atoms with Crippen LogP contribution in [0.2, 0.25) is 0 Å². The third-order valence-electron chi connectivity index (χ3n) is 6.82. The number of hydrogen-bond acceptors (Lipinski definition) is 6. The van der Waals surface area contributed by atoms with Crippen molar-refractivity contribution in [1.29, 1.82) is 0 Å². The Labute approximate surface area is 218 Å². The van der Waals surface area contributed by atoms with E-state index in [-0.39, 0.29) is 11.7 Å². The van der Waals surface area contributed by atoms with Gasteiger partial charge in [0.05, 0.1) is 19.8 Å². The van der Waals surface area contributed by atoms with Crippen molar-refractivity contribution in [3.63, 3.8) is 0 Å². The normalized spacial score (nSPS) is 14.8. The molecule has 198 valence electrons. The maximum absolute atomic E-state index is 13.6. The summed E-state index contributed by atoms with van der Waals surface area (Å²) in [4.78, 5) is 15.4. The third-order valence-corrected chi connectivity index (χ3v) is 6.82. The number of aryl methyl sites for hydroxylation is 2. The van der Waals surface area contributed by atoms with E-state index in [1.54, 1.807) is 20.3 Å². The molecule has 8 heteroatoms. The fourth-order valence-corrected chi connectivity index (χ4v) is 5.10. The lowest BCUT2D eigenvalue weighted by atomic mass is 9.93. The molecule has 0 saturated heterocycles. The van der Waals surface area contributed by atoms with Crippen molar-refractivity contribution >= 4 is 5.91 Å². The smallest absolute Gasteiger partial charge is 0.273 e. The Morgan fingerprint density at radius 3 is 2.57 bits per heavy atom. The molecule has 3 aromatic rings. The summed E-state index contributed by atoms with van der Waals surface area (Å²) in [6.07, 6.45) is 3.90. The van der Waals surface area contributed by atoms with Gasteiger partial charge in [-0.25, -0.2) is 0 Å². The van der Waals surface area contributed by atoms with E-state index >= 15 is 0 Å². The third kappa shape index (κ3) is 5.30. The number of H-pyrrole nitrogens is 1. The van der Waals surface area contributed by atoms with Crippen LogP contribution in [0.5, 0.6) is 17.2 Å². The molecule has 0 radical (unpaired) electrons. The Bertz CT molecular complexity index is 1230. The van der Waals surface area contributed by atoms with Crippen LogP contribution in [-0.4, -0.2) is 60.1 Å². The molecule has 8 nitrogen and oxygen atoms in total. The average Bonchev–Trinajstić information content (AvgIpc) is 3.40. The number of phenolic OH excluding ortho intramolecular Hbond substituents is 1. The van der Waals surface area contributed by atoms with Crippen LogP contribution in [-0.2, 0) is 4.74 Å². The summed E-state index contributed by atoms with van der Waals surface area (Å²) >= 11 is 0. The largest absolute Gasteiger partial charge is 0.507 e. The van der Waals surface area contributed by atoms with Crippen LogP contribution in [0.1, 0.15) is 71.4 Å². The minimum atomic E-state index is -0.406. The quantitative estimate of drug-likeness (QED) is 0.312. The summed E-state index contributed by atoms with van der Waals surface area (Å²) in [6.45, 7) is 7.72. The minimum Gasteiger partial charge on any atom is -0.507 e. The highest BCUT2D eigenvalue weighted by Gasteiger charge is 2.42. The minimum absolute atomic E-state index is 0.127. The van der Waals surface area contributed by atoms with Gasteiger partial charge in [-0.1, -0.05) is 31.9 Å². The second-order valence-electron chi connectivity index (χ2n) is 9.55. The number of carbonyl (C=O) groups is 1. The SMILES string of the molecule is CCCCCOc1ccc(C2c3c(-c4c(C)cc(C)cc4O)n[nH]c3C(=O)N2CCCOC)cc1OC. The number of carbonyl (C=O) groups excluding carboxylic acids is 1. The Hall–Kier alpha value is -3.52. The van der Waals surface area contributed by atoms with Crippen LogP contribution in [0.3, 0.4) is 0 Å². The first-order chi connectivity index (χ1) is 17.9. The maximum Gasteiger partial charge on any atom is 0.273 e. The molecule has 0 spiro atoms. The molecule has 1 amide bonds. The van der Waals surface area contributed by atoms with E-state index in [2.05, 4.69) is 17.1 Å². The van der Waals surface area contributed by atoms with Gasteiger partial charge in [0.2, 0.25) is 0 Å². The van der Waals surface area contributed by atoms with E-state index in [0.717, 1.165) is 41.5 Å². The van der Waals surface area contributed by atoms with Gasteiger partial charge in [-0.3, -0.25) is 9.89 Å². The molecule has 1 atom stereocenters. The number of hydrogen-bond donors (Lipinski definition) is 2. The van der Waals surface area contributed by atoms with Gasteiger partial charge in [-0.05, 0) is 61.6 Å². The van der Waals surface area contributed by atoms with Gasteiger partial charge in [-0.15, -0.1) is 0 Å². The lowest BCUT2D eigenvalue weighted by Crippen LogP contribution is -2.31. The van der Waals surface area contributed by atoms with Crippen molar-refractivity contribution in [2.45, 2.75) is 52.5 Å². The van der Waals surface area contributed by atoms with Gasteiger partial charge >= 0.3 is 0 Å². The fourth-order valence-electron chi connectivity index (χ4n) is 5.10. The van der Waals surface area contributed by atoms with Crippen molar-refractivity contribution in [2.75, 3.05) is 34.0 Å². The topological polar surface area (TPSA) is 96.9 Å². The molecule has 2 aromatic carbocycles. The number of ether oxygens (including phenoxy) is 3. The lowest BCUT2D eigenvalue weighted by molar-refractivity contribution is 0.0723. The van der Waals surface area contributed by atoms with Crippen LogP contribution < -0.4 is 9.47 Å². The number of methoxy groups -OCH3 is 2. The molecule has 1 aliphatic rings. The van der Waals surface area contributed by atoms with Crippen molar-refractivity contribution in [3.8, 4) is 28.5 Å². The molecule has 0 saturated carbocycles. The number of aromatic hydroxyl groups is 1. The van der Waals surface area contributed by atoms with Gasteiger partial charge in [-0.2, -0.15) is 5.10 Å². The van der Waals surface area contributed by atoms with Gasteiger partial charge in [0.25, 0.3) is 5.91 Å². The number of nitrogens with zero attached hydrogens (tertiary/aromatic N) is 2. The van der Waals surface area contributed by atoms with E-state index in [9.17, 15) is 9.90 Å². The molecule has 1 aromatic heterocycles. The molecule has 0 fully saturated rings. The molecule has 1 aliphatic heterocycles. The standard InChI is InChI=1S/C29H37N3O5/c1-6-7-8-14-37-22-11-10-20(17-23(22)36-5)28-25-26(24-19(3)15-18(2)16-21(24)33)30-31-27(25)29(34)32(28)12-9-13-35-4/h10-11,15-17,28,33H,6-9,12-14H2,1-5H3,(H,30,31). The maximum atomic E-state index is 13.6. The highest BCUT2D eigenvalue weighted by atomic mass is 16.5. The Balaban J connectivity index is 1.79. The number of aromatic nitrogens is 2. The van der Waals surface area contributed by atoms with Crippen LogP contribution in [0, 0.1) is 13.8 Å². The second-order valence-corrected chi connectivity index (χ2v) is 9.55. The summed E-state index contributed by atoms with van der Waals surface area (Å²) in [5, 5.41) is 18.4. The number of amides is 1. The molecular weight excluding hydrogens is 470 g/mol. The van der Waals surface area contributed by atoms with Crippen molar-refractivity contribution in [3.05, 3.63) is 58.3 Å². The zero-order valence-electron chi connectivity index (χ0n) is 22.4. The number of unbranched alkanes of at least 4 members (excludes halogenated alkanes) is 2. The Morgan fingerprint density at radius 1 is 1.05 bits per heavy atom. The second kappa shape index (κ2) is 11.7. The van der Waals surface area contributed by atoms with E-state index in [0.29, 0.717) is 54.6 Å². The van der Waals surface area contributed by atoms with Crippen molar-refractivity contribution < 1.29 is 24.1 Å². The molecule has 37 heavy (non-hydrogen) atoms. The van der Waals surface area contributed by atoms with E-state index in [1.807, 2.05) is 43.0 Å². The summed E-state index contributed by atoms with van der Waals surface area (Å²) in [5.41, 5.74) is 5.13. The first kappa shape index (κ1) is 26.5. The van der Waals surface area contributed by atoms with Crippen LogP contribution in [0.4, 0.5) is 0 Å². The molecule has 2 heterocycles. The molecule has 1 unspecified atom stereocenters. The monoisotopic (exact) mass is 507 g/mol. The van der Waals surface area contributed by atoms with E-state index in [1.165, 1.54) is 0 Å². The summed E-state index contributed by atoms with van der Waals surface area (Å²) in [6, 6.07) is 9.14. The molecule has 4 rings (SSSR count). The zero-order chi connectivity index (χ0) is 26.5. The average molecular weight is 508 g/mol. The molecule has 2 N–H and O–H groups in total. The number of nitrogens with one attached hydrogen (secondary N) is 1. The van der Waals surface area contributed by atoms with E-state index in [4.69, 9.17) is 14.2 Å². The first-order valence-corrected chi connectivity index (χ1v) is 12.9. The Morgan fingerprint density at radius 2 is 1.86 bits per heavy atom. The fraction of sp³-hybridized carbons (Fsp3) is 0.448. The highest BCUT2D eigenvalue weighted by molar-refractivity contribution is 6.00.